The van der Waals surface area contributed by atoms with Crippen LogP contribution in [-0.4, -0.2) is 43.7 Å². The highest BCUT2D eigenvalue weighted by molar-refractivity contribution is 5.28. The number of nitrogens with zero attached hydrogens (tertiary/aromatic N) is 2. The molecule has 0 amide bonds. The molecule has 0 saturated heterocycles. The standard InChI is InChI=1S/C13H23N3O/c1-5-16(10-9-14-3)11(2)12-7-6-8-15-13(12)17-4/h6-8,11,14H,5,9-10H2,1-4H3/t11-/m0/s1. The minimum absolute atomic E-state index is 0.317. The van der Waals surface area contributed by atoms with Gasteiger partial charge in [-0.1, -0.05) is 13.0 Å². The van der Waals surface area contributed by atoms with Gasteiger partial charge < -0.3 is 10.1 Å². The van der Waals surface area contributed by atoms with Crippen molar-refractivity contribution in [1.82, 2.24) is 15.2 Å². The highest BCUT2D eigenvalue weighted by atomic mass is 16.5. The Bertz CT molecular complexity index is 330. The number of rotatable bonds is 7. The van der Waals surface area contributed by atoms with Gasteiger partial charge in [0.2, 0.25) is 5.88 Å². The maximum absolute atomic E-state index is 5.31. The molecule has 1 rings (SSSR count). The van der Waals surface area contributed by atoms with Crippen LogP contribution in [-0.2, 0) is 0 Å². The van der Waals surface area contributed by atoms with E-state index in [1.165, 1.54) is 0 Å². The molecule has 0 fully saturated rings. The molecule has 0 aliphatic rings. The number of pyridine rings is 1. The van der Waals surface area contributed by atoms with E-state index >= 15 is 0 Å². The molecule has 0 saturated carbocycles. The van der Waals surface area contributed by atoms with E-state index in [-0.39, 0.29) is 0 Å². The molecule has 0 aliphatic carbocycles. The highest BCUT2D eigenvalue weighted by Gasteiger charge is 2.17. The number of methoxy groups -OCH3 is 1. The Hall–Kier alpha value is -1.13. The molecule has 0 aliphatic heterocycles. The number of likely N-dealkylation sites (N-methyl/N-ethyl adjacent to an activating group) is 2. The molecule has 0 spiro atoms. The van der Waals surface area contributed by atoms with E-state index in [1.807, 2.05) is 13.1 Å². The first-order valence-electron chi connectivity index (χ1n) is 6.12. The van der Waals surface area contributed by atoms with E-state index in [4.69, 9.17) is 4.74 Å². The van der Waals surface area contributed by atoms with Crippen LogP contribution in [0.25, 0.3) is 0 Å². The van der Waals surface area contributed by atoms with E-state index < -0.39 is 0 Å². The van der Waals surface area contributed by atoms with E-state index in [0.29, 0.717) is 6.04 Å². The van der Waals surface area contributed by atoms with Crippen LogP contribution in [0.4, 0.5) is 0 Å². The summed E-state index contributed by atoms with van der Waals surface area (Å²) in [5.41, 5.74) is 1.15. The van der Waals surface area contributed by atoms with Crippen molar-refractivity contribution in [1.29, 1.82) is 0 Å². The van der Waals surface area contributed by atoms with Crippen molar-refractivity contribution in [3.8, 4) is 5.88 Å². The lowest BCUT2D eigenvalue weighted by Gasteiger charge is -2.28. The molecule has 1 aromatic heterocycles. The average Bonchev–Trinajstić information content (AvgIpc) is 2.39. The van der Waals surface area contributed by atoms with Gasteiger partial charge in [-0.3, -0.25) is 4.90 Å². The Balaban J connectivity index is 2.81. The minimum Gasteiger partial charge on any atom is -0.481 e. The fourth-order valence-corrected chi connectivity index (χ4v) is 1.97. The second-order valence-corrected chi connectivity index (χ2v) is 4.01. The summed E-state index contributed by atoms with van der Waals surface area (Å²) in [4.78, 5) is 6.65. The lowest BCUT2D eigenvalue weighted by atomic mass is 10.1. The third-order valence-electron chi connectivity index (χ3n) is 3.05. The number of ether oxygens (including phenoxy) is 1. The molecule has 96 valence electrons. The summed E-state index contributed by atoms with van der Waals surface area (Å²) >= 11 is 0. The number of hydrogen-bond donors (Lipinski definition) is 1. The molecule has 0 radical (unpaired) electrons. The van der Waals surface area contributed by atoms with Gasteiger partial charge in [0.25, 0.3) is 0 Å². The smallest absolute Gasteiger partial charge is 0.217 e. The number of hydrogen-bond acceptors (Lipinski definition) is 4. The van der Waals surface area contributed by atoms with Crippen molar-refractivity contribution in [3.05, 3.63) is 23.9 Å². The molecule has 0 aromatic carbocycles. The lowest BCUT2D eigenvalue weighted by Crippen LogP contribution is -2.33. The zero-order valence-corrected chi connectivity index (χ0v) is 11.2. The molecule has 4 nitrogen and oxygen atoms in total. The summed E-state index contributed by atoms with van der Waals surface area (Å²) in [6, 6.07) is 4.36. The number of nitrogens with one attached hydrogen (secondary N) is 1. The van der Waals surface area contributed by atoms with Gasteiger partial charge >= 0.3 is 0 Å². The maximum atomic E-state index is 5.31. The van der Waals surface area contributed by atoms with Crippen LogP contribution < -0.4 is 10.1 Å². The highest BCUT2D eigenvalue weighted by Crippen LogP contribution is 2.26. The topological polar surface area (TPSA) is 37.4 Å². The zero-order chi connectivity index (χ0) is 12.7. The van der Waals surface area contributed by atoms with Crippen LogP contribution in [0.2, 0.25) is 0 Å². The first-order chi connectivity index (χ1) is 8.24. The zero-order valence-electron chi connectivity index (χ0n) is 11.2. The summed E-state index contributed by atoms with van der Waals surface area (Å²) < 4.78 is 5.31. The van der Waals surface area contributed by atoms with Crippen molar-refractivity contribution in [2.75, 3.05) is 33.8 Å². The van der Waals surface area contributed by atoms with Crippen molar-refractivity contribution in [3.63, 3.8) is 0 Å². The van der Waals surface area contributed by atoms with Crippen LogP contribution >= 0.6 is 0 Å². The predicted molar refractivity (Wildman–Crippen MR) is 70.4 cm³/mol. The third-order valence-corrected chi connectivity index (χ3v) is 3.05. The monoisotopic (exact) mass is 237 g/mol. The SMILES string of the molecule is CCN(CCNC)[C@@H](C)c1cccnc1OC. The predicted octanol–water partition coefficient (Wildman–Crippen LogP) is 1.69. The van der Waals surface area contributed by atoms with Gasteiger partial charge in [-0.15, -0.1) is 0 Å². The first-order valence-corrected chi connectivity index (χ1v) is 6.12. The second kappa shape index (κ2) is 7.25. The Labute approximate surface area is 104 Å². The molecule has 4 heteroatoms. The molecular weight excluding hydrogens is 214 g/mol. The molecule has 1 aromatic rings. The van der Waals surface area contributed by atoms with E-state index in [1.54, 1.807) is 13.3 Å². The van der Waals surface area contributed by atoms with Crippen LogP contribution in [0.1, 0.15) is 25.5 Å². The van der Waals surface area contributed by atoms with Gasteiger partial charge in [-0.05, 0) is 26.6 Å². The van der Waals surface area contributed by atoms with E-state index in [9.17, 15) is 0 Å². The largest absolute Gasteiger partial charge is 0.481 e. The van der Waals surface area contributed by atoms with Crippen LogP contribution in [0.5, 0.6) is 5.88 Å². The quantitative estimate of drug-likeness (QED) is 0.783. The van der Waals surface area contributed by atoms with Crippen molar-refractivity contribution in [2.45, 2.75) is 19.9 Å². The van der Waals surface area contributed by atoms with Crippen molar-refractivity contribution in [2.24, 2.45) is 0 Å². The van der Waals surface area contributed by atoms with E-state index in [0.717, 1.165) is 31.1 Å². The molecule has 1 atom stereocenters. The van der Waals surface area contributed by atoms with E-state index in [2.05, 4.69) is 35.1 Å². The maximum Gasteiger partial charge on any atom is 0.217 e. The fraction of sp³-hybridized carbons (Fsp3) is 0.615. The van der Waals surface area contributed by atoms with Crippen LogP contribution in [0.3, 0.4) is 0 Å². The molecule has 1 heterocycles. The van der Waals surface area contributed by atoms with Gasteiger partial charge in [-0.25, -0.2) is 4.98 Å². The van der Waals surface area contributed by atoms with Gasteiger partial charge in [0.1, 0.15) is 0 Å². The van der Waals surface area contributed by atoms with Crippen LogP contribution in [0, 0.1) is 0 Å². The van der Waals surface area contributed by atoms with Crippen molar-refractivity contribution < 1.29 is 4.74 Å². The third kappa shape index (κ3) is 3.68. The fourth-order valence-electron chi connectivity index (χ4n) is 1.97. The van der Waals surface area contributed by atoms with Gasteiger partial charge in [0, 0.05) is 30.9 Å². The Morgan fingerprint density at radius 3 is 2.88 bits per heavy atom. The minimum atomic E-state index is 0.317. The summed E-state index contributed by atoms with van der Waals surface area (Å²) in [5.74, 6) is 0.725. The van der Waals surface area contributed by atoms with Crippen LogP contribution in [0.15, 0.2) is 18.3 Å². The Morgan fingerprint density at radius 1 is 1.53 bits per heavy atom. The summed E-state index contributed by atoms with van der Waals surface area (Å²) in [7, 11) is 3.64. The first kappa shape index (κ1) is 13.9. The number of aromatic nitrogens is 1. The summed E-state index contributed by atoms with van der Waals surface area (Å²) in [6.45, 7) is 7.39. The summed E-state index contributed by atoms with van der Waals surface area (Å²) in [6.07, 6.45) is 1.76. The molecule has 0 unspecified atom stereocenters. The molecule has 17 heavy (non-hydrogen) atoms. The lowest BCUT2D eigenvalue weighted by molar-refractivity contribution is 0.218. The van der Waals surface area contributed by atoms with Gasteiger partial charge in [-0.2, -0.15) is 0 Å². The van der Waals surface area contributed by atoms with Gasteiger partial charge in [0.05, 0.1) is 7.11 Å². The Morgan fingerprint density at radius 2 is 2.29 bits per heavy atom. The Kier molecular flexibility index (Phi) is 5.94. The molecule has 0 bridgehead atoms. The molecular formula is C13H23N3O. The second-order valence-electron chi connectivity index (χ2n) is 4.01. The van der Waals surface area contributed by atoms with Crippen molar-refractivity contribution >= 4 is 0 Å². The van der Waals surface area contributed by atoms with Gasteiger partial charge in [0.15, 0.2) is 0 Å². The normalized spacial score (nSPS) is 12.8. The average molecular weight is 237 g/mol. The molecule has 1 N–H and O–H groups in total. The summed E-state index contributed by atoms with van der Waals surface area (Å²) in [5, 5.41) is 3.18.